The molecule has 0 aliphatic carbocycles. The van der Waals surface area contributed by atoms with Crippen molar-refractivity contribution < 1.29 is 14.4 Å². The van der Waals surface area contributed by atoms with E-state index >= 15 is 0 Å². The molecule has 0 saturated heterocycles. The minimum absolute atomic E-state index is 0.425. The SMILES string of the molecule is COc1cccc(C(=O)On2nnc3ccccc32)c1C. The molecule has 2 aromatic carbocycles. The molecule has 0 radical (unpaired) electrons. The fourth-order valence-electron chi connectivity index (χ4n) is 2.10. The van der Waals surface area contributed by atoms with Crippen LogP contribution in [0.3, 0.4) is 0 Å². The Labute approximate surface area is 120 Å². The van der Waals surface area contributed by atoms with Crippen LogP contribution in [0, 0.1) is 6.92 Å². The van der Waals surface area contributed by atoms with Crippen LogP contribution in [-0.4, -0.2) is 28.2 Å². The van der Waals surface area contributed by atoms with Crippen LogP contribution in [0.4, 0.5) is 0 Å². The summed E-state index contributed by atoms with van der Waals surface area (Å²) >= 11 is 0. The molecule has 1 aromatic heterocycles. The number of ether oxygens (including phenoxy) is 1. The third-order valence-corrected chi connectivity index (χ3v) is 3.21. The number of hydrogen-bond donors (Lipinski definition) is 0. The van der Waals surface area contributed by atoms with Crippen molar-refractivity contribution in [2.45, 2.75) is 6.92 Å². The van der Waals surface area contributed by atoms with Crippen LogP contribution in [0.2, 0.25) is 0 Å². The average molecular weight is 283 g/mol. The van der Waals surface area contributed by atoms with Gasteiger partial charge >= 0.3 is 5.97 Å². The summed E-state index contributed by atoms with van der Waals surface area (Å²) in [6.45, 7) is 1.80. The maximum Gasteiger partial charge on any atom is 0.366 e. The summed E-state index contributed by atoms with van der Waals surface area (Å²) in [5.41, 5.74) is 2.43. The van der Waals surface area contributed by atoms with Gasteiger partial charge in [-0.2, -0.15) is 0 Å². The number of rotatable bonds is 3. The lowest BCUT2D eigenvalue weighted by atomic mass is 10.1. The van der Waals surface area contributed by atoms with Crippen LogP contribution in [0.5, 0.6) is 5.75 Å². The first-order valence-electron chi connectivity index (χ1n) is 6.37. The maximum absolute atomic E-state index is 12.3. The molecule has 0 aliphatic rings. The molecule has 6 nitrogen and oxygen atoms in total. The van der Waals surface area contributed by atoms with Gasteiger partial charge in [0.2, 0.25) is 0 Å². The molecular weight excluding hydrogens is 270 g/mol. The first-order chi connectivity index (χ1) is 10.2. The molecule has 0 atom stereocenters. The summed E-state index contributed by atoms with van der Waals surface area (Å²) in [7, 11) is 1.56. The maximum atomic E-state index is 12.3. The second-order valence-corrected chi connectivity index (χ2v) is 4.46. The van der Waals surface area contributed by atoms with Gasteiger partial charge in [-0.1, -0.05) is 23.0 Å². The number of carbonyl (C=O) groups excluding carboxylic acids is 1. The van der Waals surface area contributed by atoms with Gasteiger partial charge in [-0.05, 0) is 36.4 Å². The number of methoxy groups -OCH3 is 1. The molecule has 0 fully saturated rings. The molecule has 106 valence electrons. The molecule has 0 bridgehead atoms. The normalized spacial score (nSPS) is 10.6. The van der Waals surface area contributed by atoms with E-state index in [9.17, 15) is 4.79 Å². The van der Waals surface area contributed by atoms with E-state index in [2.05, 4.69) is 10.3 Å². The topological polar surface area (TPSA) is 66.2 Å². The number of hydrogen-bond acceptors (Lipinski definition) is 5. The van der Waals surface area contributed by atoms with Gasteiger partial charge in [-0.3, -0.25) is 0 Å². The summed E-state index contributed by atoms with van der Waals surface area (Å²) in [5.74, 6) is 0.120. The standard InChI is InChI=1S/C15H13N3O3/c1-10-11(6-5-9-14(10)20-2)15(19)21-18-13-8-4-3-7-12(13)16-17-18/h3-9H,1-2H3. The highest BCUT2D eigenvalue weighted by Crippen LogP contribution is 2.21. The zero-order valence-corrected chi connectivity index (χ0v) is 11.6. The van der Waals surface area contributed by atoms with Crippen LogP contribution in [0.25, 0.3) is 11.0 Å². The second kappa shape index (κ2) is 5.24. The number of nitrogens with zero attached hydrogens (tertiary/aromatic N) is 3. The van der Waals surface area contributed by atoms with E-state index in [4.69, 9.17) is 9.57 Å². The molecule has 0 N–H and O–H groups in total. The van der Waals surface area contributed by atoms with Gasteiger partial charge in [0.15, 0.2) is 0 Å². The zero-order chi connectivity index (χ0) is 14.8. The van der Waals surface area contributed by atoms with Gasteiger partial charge < -0.3 is 9.57 Å². The van der Waals surface area contributed by atoms with Crippen molar-refractivity contribution in [1.29, 1.82) is 0 Å². The number of benzene rings is 2. The molecule has 3 rings (SSSR count). The lowest BCUT2D eigenvalue weighted by molar-refractivity contribution is 0.0407. The third kappa shape index (κ3) is 2.31. The second-order valence-electron chi connectivity index (χ2n) is 4.46. The van der Waals surface area contributed by atoms with E-state index in [-0.39, 0.29) is 0 Å². The van der Waals surface area contributed by atoms with Gasteiger partial charge in [0, 0.05) is 5.56 Å². The van der Waals surface area contributed by atoms with E-state index in [0.29, 0.717) is 22.3 Å². The van der Waals surface area contributed by atoms with E-state index in [0.717, 1.165) is 10.4 Å². The van der Waals surface area contributed by atoms with Crippen LogP contribution < -0.4 is 9.57 Å². The number of aromatic nitrogens is 3. The molecule has 0 amide bonds. The first-order valence-corrected chi connectivity index (χ1v) is 6.37. The smallest absolute Gasteiger partial charge is 0.366 e. The Hall–Kier alpha value is -2.89. The number of para-hydroxylation sites is 1. The number of fused-ring (bicyclic) bond motifs is 1. The predicted octanol–water partition coefficient (Wildman–Crippen LogP) is 2.02. The Morgan fingerprint density at radius 2 is 1.95 bits per heavy atom. The van der Waals surface area contributed by atoms with Crippen molar-refractivity contribution in [2.75, 3.05) is 7.11 Å². The summed E-state index contributed by atoms with van der Waals surface area (Å²) in [4.78, 5) is 18.7. The summed E-state index contributed by atoms with van der Waals surface area (Å²) < 4.78 is 5.20. The van der Waals surface area contributed by atoms with Crippen LogP contribution >= 0.6 is 0 Å². The Morgan fingerprint density at radius 1 is 1.14 bits per heavy atom. The highest BCUT2D eigenvalue weighted by Gasteiger charge is 2.16. The summed E-state index contributed by atoms with van der Waals surface area (Å²) in [6.07, 6.45) is 0. The molecular formula is C15H13N3O3. The van der Waals surface area contributed by atoms with Crippen LogP contribution in [0.1, 0.15) is 15.9 Å². The van der Waals surface area contributed by atoms with Crippen molar-refractivity contribution in [3.05, 3.63) is 53.6 Å². The summed E-state index contributed by atoms with van der Waals surface area (Å²) in [6, 6.07) is 12.4. The fourth-order valence-corrected chi connectivity index (χ4v) is 2.10. The Kier molecular flexibility index (Phi) is 3.27. The monoisotopic (exact) mass is 283 g/mol. The lowest BCUT2D eigenvalue weighted by Gasteiger charge is -2.09. The highest BCUT2D eigenvalue weighted by molar-refractivity contribution is 5.92. The van der Waals surface area contributed by atoms with Crippen molar-refractivity contribution in [3.8, 4) is 5.75 Å². The van der Waals surface area contributed by atoms with E-state index in [1.165, 1.54) is 0 Å². The molecule has 0 aliphatic heterocycles. The quantitative estimate of drug-likeness (QED) is 0.688. The molecule has 3 aromatic rings. The minimum Gasteiger partial charge on any atom is -0.496 e. The lowest BCUT2D eigenvalue weighted by Crippen LogP contribution is -2.22. The van der Waals surface area contributed by atoms with Crippen LogP contribution in [-0.2, 0) is 0 Å². The van der Waals surface area contributed by atoms with Crippen molar-refractivity contribution in [3.63, 3.8) is 0 Å². The Bertz CT molecular complexity index is 811. The molecule has 6 heteroatoms. The molecule has 0 saturated carbocycles. The molecule has 0 unspecified atom stereocenters. The highest BCUT2D eigenvalue weighted by atomic mass is 16.7. The largest absolute Gasteiger partial charge is 0.496 e. The zero-order valence-electron chi connectivity index (χ0n) is 11.6. The third-order valence-electron chi connectivity index (χ3n) is 3.21. The van der Waals surface area contributed by atoms with Gasteiger partial charge in [-0.25, -0.2) is 4.79 Å². The van der Waals surface area contributed by atoms with Crippen molar-refractivity contribution >= 4 is 17.0 Å². The summed E-state index contributed by atoms with van der Waals surface area (Å²) in [5, 5.41) is 7.76. The predicted molar refractivity (Wildman–Crippen MR) is 76.2 cm³/mol. The average Bonchev–Trinajstić information content (AvgIpc) is 2.91. The molecule has 0 spiro atoms. The van der Waals surface area contributed by atoms with Gasteiger partial charge in [0.05, 0.1) is 12.7 Å². The Morgan fingerprint density at radius 3 is 2.76 bits per heavy atom. The first kappa shape index (κ1) is 13.1. The minimum atomic E-state index is -0.512. The molecule has 1 heterocycles. The van der Waals surface area contributed by atoms with Gasteiger partial charge in [0.25, 0.3) is 0 Å². The van der Waals surface area contributed by atoms with Crippen molar-refractivity contribution in [2.24, 2.45) is 0 Å². The number of carbonyl (C=O) groups is 1. The van der Waals surface area contributed by atoms with E-state index in [1.54, 1.807) is 44.4 Å². The van der Waals surface area contributed by atoms with Gasteiger partial charge in [-0.15, -0.1) is 5.10 Å². The van der Waals surface area contributed by atoms with Crippen LogP contribution in [0.15, 0.2) is 42.5 Å². The van der Waals surface area contributed by atoms with E-state index in [1.807, 2.05) is 12.1 Å². The fraction of sp³-hybridized carbons (Fsp3) is 0.133. The van der Waals surface area contributed by atoms with Crippen molar-refractivity contribution in [1.82, 2.24) is 15.2 Å². The van der Waals surface area contributed by atoms with E-state index < -0.39 is 5.97 Å². The van der Waals surface area contributed by atoms with Gasteiger partial charge in [0.1, 0.15) is 16.8 Å². The Balaban J connectivity index is 1.93. The molecule has 21 heavy (non-hydrogen) atoms.